The van der Waals surface area contributed by atoms with Gasteiger partial charge in [0, 0.05) is 11.6 Å². The minimum absolute atomic E-state index is 0.313. The average molecular weight is 198 g/mol. The van der Waals surface area contributed by atoms with Crippen LogP contribution in [-0.4, -0.2) is 13.7 Å². The summed E-state index contributed by atoms with van der Waals surface area (Å²) in [6.07, 6.45) is 0.560. The van der Waals surface area contributed by atoms with Crippen molar-refractivity contribution in [1.29, 1.82) is 0 Å². The van der Waals surface area contributed by atoms with E-state index in [9.17, 15) is 4.39 Å². The smallest absolute Gasteiger partial charge is 0.128 e. The Labute approximate surface area is 82.9 Å². The molecule has 0 amide bonds. The van der Waals surface area contributed by atoms with Crippen molar-refractivity contribution >= 4 is 0 Å². The molecule has 0 saturated heterocycles. The van der Waals surface area contributed by atoms with Gasteiger partial charge in [0.25, 0.3) is 0 Å². The standard InChI is InChI=1S/C10H15FN2O/c1-14-7-2-3-9(11)8(6-7)10(13)4-5-12/h2-3,6,10H,4-5,12-13H2,1H3/t10-/m0/s1. The molecule has 0 aliphatic rings. The molecule has 0 unspecified atom stereocenters. The number of methoxy groups -OCH3 is 1. The number of nitrogens with two attached hydrogens (primary N) is 2. The fourth-order valence-corrected chi connectivity index (χ4v) is 1.27. The number of hydrogen-bond acceptors (Lipinski definition) is 3. The van der Waals surface area contributed by atoms with Crippen LogP contribution in [0.5, 0.6) is 5.75 Å². The molecule has 4 N–H and O–H groups in total. The zero-order valence-electron chi connectivity index (χ0n) is 8.16. The largest absolute Gasteiger partial charge is 0.497 e. The quantitative estimate of drug-likeness (QED) is 0.763. The van der Waals surface area contributed by atoms with E-state index in [2.05, 4.69) is 0 Å². The van der Waals surface area contributed by atoms with Crippen molar-refractivity contribution in [1.82, 2.24) is 0 Å². The number of hydrogen-bond donors (Lipinski definition) is 2. The van der Waals surface area contributed by atoms with Gasteiger partial charge >= 0.3 is 0 Å². The summed E-state index contributed by atoms with van der Waals surface area (Å²) >= 11 is 0. The second-order valence-electron chi connectivity index (χ2n) is 3.07. The third kappa shape index (κ3) is 2.43. The van der Waals surface area contributed by atoms with Crippen LogP contribution in [0.2, 0.25) is 0 Å². The lowest BCUT2D eigenvalue weighted by Crippen LogP contribution is -2.16. The summed E-state index contributed by atoms with van der Waals surface area (Å²) in [6.45, 7) is 0.442. The monoisotopic (exact) mass is 198 g/mol. The third-order valence-corrected chi connectivity index (χ3v) is 2.08. The van der Waals surface area contributed by atoms with Crippen molar-refractivity contribution in [3.05, 3.63) is 29.6 Å². The molecule has 0 aromatic heterocycles. The summed E-state index contributed by atoms with van der Waals surface area (Å²) in [5.74, 6) is 0.292. The fourth-order valence-electron chi connectivity index (χ4n) is 1.27. The van der Waals surface area contributed by atoms with Gasteiger partial charge in [0.2, 0.25) is 0 Å². The normalized spacial score (nSPS) is 12.6. The highest BCUT2D eigenvalue weighted by molar-refractivity contribution is 5.31. The van der Waals surface area contributed by atoms with Crippen molar-refractivity contribution in [2.75, 3.05) is 13.7 Å². The summed E-state index contributed by atoms with van der Waals surface area (Å²) in [4.78, 5) is 0. The van der Waals surface area contributed by atoms with E-state index in [0.29, 0.717) is 24.3 Å². The maximum atomic E-state index is 13.3. The molecule has 1 aromatic carbocycles. The van der Waals surface area contributed by atoms with Crippen LogP contribution >= 0.6 is 0 Å². The first-order valence-electron chi connectivity index (χ1n) is 4.48. The van der Waals surface area contributed by atoms with E-state index in [1.165, 1.54) is 13.2 Å². The van der Waals surface area contributed by atoms with Gasteiger partial charge in [0.15, 0.2) is 0 Å². The molecule has 0 spiro atoms. The zero-order valence-corrected chi connectivity index (χ0v) is 8.16. The molecule has 0 saturated carbocycles. The van der Waals surface area contributed by atoms with Crippen molar-refractivity contribution in [3.63, 3.8) is 0 Å². The number of rotatable bonds is 4. The molecule has 0 aliphatic carbocycles. The second kappa shape index (κ2) is 4.93. The van der Waals surface area contributed by atoms with Gasteiger partial charge in [-0.2, -0.15) is 0 Å². The van der Waals surface area contributed by atoms with Gasteiger partial charge in [-0.25, -0.2) is 4.39 Å². The van der Waals surface area contributed by atoms with E-state index in [4.69, 9.17) is 16.2 Å². The average Bonchev–Trinajstić information content (AvgIpc) is 2.19. The Morgan fingerprint density at radius 2 is 2.21 bits per heavy atom. The predicted octanol–water partition coefficient (Wildman–Crippen LogP) is 1.18. The van der Waals surface area contributed by atoms with Crippen LogP contribution in [0.3, 0.4) is 0 Å². The molecule has 14 heavy (non-hydrogen) atoms. The van der Waals surface area contributed by atoms with Crippen molar-refractivity contribution < 1.29 is 9.13 Å². The lowest BCUT2D eigenvalue weighted by atomic mass is 10.0. The topological polar surface area (TPSA) is 61.3 Å². The lowest BCUT2D eigenvalue weighted by Gasteiger charge is -2.12. The van der Waals surface area contributed by atoms with Gasteiger partial charge < -0.3 is 16.2 Å². The zero-order chi connectivity index (χ0) is 10.6. The summed E-state index contributed by atoms with van der Waals surface area (Å²) < 4.78 is 18.3. The van der Waals surface area contributed by atoms with Crippen LogP contribution in [0.25, 0.3) is 0 Å². The van der Waals surface area contributed by atoms with Crippen LogP contribution in [0, 0.1) is 5.82 Å². The minimum atomic E-state index is -0.366. The molecular formula is C10H15FN2O. The summed E-state index contributed by atoms with van der Waals surface area (Å²) in [5, 5.41) is 0. The first-order chi connectivity index (χ1) is 6.69. The molecule has 1 rings (SSSR count). The Kier molecular flexibility index (Phi) is 3.85. The Hall–Kier alpha value is -1.13. The van der Waals surface area contributed by atoms with Crippen molar-refractivity contribution in [3.8, 4) is 5.75 Å². The van der Waals surface area contributed by atoms with E-state index in [1.807, 2.05) is 0 Å². The van der Waals surface area contributed by atoms with E-state index in [-0.39, 0.29) is 11.9 Å². The van der Waals surface area contributed by atoms with E-state index in [1.54, 1.807) is 12.1 Å². The Bertz CT molecular complexity index is 304. The van der Waals surface area contributed by atoms with Gasteiger partial charge in [-0.05, 0) is 31.2 Å². The van der Waals surface area contributed by atoms with Crippen LogP contribution in [0.15, 0.2) is 18.2 Å². The van der Waals surface area contributed by atoms with Crippen LogP contribution in [-0.2, 0) is 0 Å². The SMILES string of the molecule is COc1ccc(F)c([C@@H](N)CCN)c1. The van der Waals surface area contributed by atoms with Gasteiger partial charge in [-0.1, -0.05) is 0 Å². The van der Waals surface area contributed by atoms with Gasteiger partial charge in [0.1, 0.15) is 11.6 Å². The van der Waals surface area contributed by atoms with Gasteiger partial charge in [-0.3, -0.25) is 0 Å². The third-order valence-electron chi connectivity index (χ3n) is 2.08. The maximum absolute atomic E-state index is 13.3. The fraction of sp³-hybridized carbons (Fsp3) is 0.400. The molecule has 3 nitrogen and oxygen atoms in total. The van der Waals surface area contributed by atoms with Crippen LogP contribution in [0.1, 0.15) is 18.0 Å². The molecule has 0 radical (unpaired) electrons. The maximum Gasteiger partial charge on any atom is 0.128 e. The Balaban J connectivity index is 2.93. The molecule has 1 aromatic rings. The minimum Gasteiger partial charge on any atom is -0.497 e. The number of benzene rings is 1. The Morgan fingerprint density at radius 3 is 2.79 bits per heavy atom. The van der Waals surface area contributed by atoms with Crippen LogP contribution in [0.4, 0.5) is 4.39 Å². The molecule has 1 atom stereocenters. The molecule has 4 heteroatoms. The predicted molar refractivity (Wildman–Crippen MR) is 53.6 cm³/mol. The summed E-state index contributed by atoms with van der Waals surface area (Å²) in [7, 11) is 1.53. The van der Waals surface area contributed by atoms with E-state index in [0.717, 1.165) is 0 Å². The summed E-state index contributed by atoms with van der Waals surface area (Å²) in [6, 6.07) is 4.16. The van der Waals surface area contributed by atoms with Crippen molar-refractivity contribution in [2.45, 2.75) is 12.5 Å². The lowest BCUT2D eigenvalue weighted by molar-refractivity contribution is 0.411. The Morgan fingerprint density at radius 1 is 1.50 bits per heavy atom. The highest BCUT2D eigenvalue weighted by atomic mass is 19.1. The molecule has 78 valence electrons. The number of ether oxygens (including phenoxy) is 1. The molecule has 0 bridgehead atoms. The molecular weight excluding hydrogens is 183 g/mol. The second-order valence-corrected chi connectivity index (χ2v) is 3.07. The first-order valence-corrected chi connectivity index (χ1v) is 4.48. The summed E-state index contributed by atoms with van der Waals surface area (Å²) in [5.41, 5.74) is 11.6. The van der Waals surface area contributed by atoms with E-state index < -0.39 is 0 Å². The molecule has 0 fully saturated rings. The molecule has 0 heterocycles. The molecule has 0 aliphatic heterocycles. The first kappa shape index (κ1) is 10.9. The number of halogens is 1. The van der Waals surface area contributed by atoms with Gasteiger partial charge in [0.05, 0.1) is 7.11 Å². The van der Waals surface area contributed by atoms with Crippen LogP contribution < -0.4 is 16.2 Å². The van der Waals surface area contributed by atoms with Gasteiger partial charge in [-0.15, -0.1) is 0 Å². The van der Waals surface area contributed by atoms with E-state index >= 15 is 0 Å². The highest BCUT2D eigenvalue weighted by Gasteiger charge is 2.11. The van der Waals surface area contributed by atoms with Crippen molar-refractivity contribution in [2.24, 2.45) is 11.5 Å². The highest BCUT2D eigenvalue weighted by Crippen LogP contribution is 2.22.